The van der Waals surface area contributed by atoms with Gasteiger partial charge in [-0.1, -0.05) is 90.5 Å². The number of carbonyl (C=O) groups is 2. The Morgan fingerprint density at radius 1 is 0.750 bits per heavy atom. The highest BCUT2D eigenvalue weighted by Gasteiger charge is 2.25. The van der Waals surface area contributed by atoms with Crippen LogP contribution in [0.5, 0.6) is 5.75 Å². The molecule has 0 aromatic heterocycles. The van der Waals surface area contributed by atoms with Crippen LogP contribution in [-0.2, 0) is 37.6 Å². The molecule has 9 heteroatoms. The van der Waals surface area contributed by atoms with Gasteiger partial charge in [0.25, 0.3) is 0 Å². The molecule has 0 aliphatic carbocycles. The van der Waals surface area contributed by atoms with Gasteiger partial charge in [-0.05, 0) is 47.9 Å². The van der Waals surface area contributed by atoms with Gasteiger partial charge in [-0.25, -0.2) is 4.79 Å². The number of nitrogens with one attached hydrogen (secondary N) is 1. The van der Waals surface area contributed by atoms with Crippen LogP contribution < -0.4 is 9.50 Å². The van der Waals surface area contributed by atoms with Gasteiger partial charge in [0.15, 0.2) is 0 Å². The van der Waals surface area contributed by atoms with E-state index in [9.17, 15) is 18.0 Å². The highest BCUT2D eigenvalue weighted by molar-refractivity contribution is 7.87. The lowest BCUT2D eigenvalue weighted by molar-refractivity contribution is -0.146. The zero-order chi connectivity index (χ0) is 28.4. The molecule has 0 fully saturated rings. The Kier molecular flexibility index (Phi) is 9.53. The van der Waals surface area contributed by atoms with E-state index in [1.807, 2.05) is 67.6 Å². The van der Waals surface area contributed by atoms with Gasteiger partial charge in [0, 0.05) is 6.54 Å². The number of alkyl carbamates (subject to hydrolysis) is 1. The van der Waals surface area contributed by atoms with E-state index in [1.165, 1.54) is 24.3 Å². The number of hydrogen-bond donors (Lipinski definition) is 1. The number of amides is 1. The van der Waals surface area contributed by atoms with E-state index in [4.69, 9.17) is 13.7 Å². The highest BCUT2D eigenvalue weighted by atomic mass is 32.2. The van der Waals surface area contributed by atoms with E-state index in [1.54, 1.807) is 24.3 Å². The Balaban J connectivity index is 1.49. The quantitative estimate of drug-likeness (QED) is 0.191. The Bertz CT molecular complexity index is 1520. The van der Waals surface area contributed by atoms with Crippen LogP contribution in [0.25, 0.3) is 0 Å². The summed E-state index contributed by atoms with van der Waals surface area (Å²) in [6.07, 6.45) is -0.709. The molecule has 0 bridgehead atoms. The normalized spacial score (nSPS) is 11.7. The van der Waals surface area contributed by atoms with Crippen LogP contribution in [0.3, 0.4) is 0 Å². The van der Waals surface area contributed by atoms with Crippen molar-refractivity contribution in [1.29, 1.82) is 0 Å². The minimum atomic E-state index is -4.10. The summed E-state index contributed by atoms with van der Waals surface area (Å²) in [6.45, 7) is 1.81. The predicted octanol–water partition coefficient (Wildman–Crippen LogP) is 5.52. The van der Waals surface area contributed by atoms with Crippen molar-refractivity contribution in [3.63, 3.8) is 0 Å². The topological polar surface area (TPSA) is 108 Å². The van der Waals surface area contributed by atoms with E-state index < -0.39 is 28.1 Å². The van der Waals surface area contributed by atoms with E-state index in [-0.39, 0.29) is 30.4 Å². The maximum atomic E-state index is 13.2. The first-order valence-corrected chi connectivity index (χ1v) is 14.0. The van der Waals surface area contributed by atoms with Gasteiger partial charge in [0.05, 0.1) is 5.92 Å². The second kappa shape index (κ2) is 13.4. The number of benzene rings is 4. The average molecular weight is 560 g/mol. The molecule has 8 nitrogen and oxygen atoms in total. The minimum Gasteiger partial charge on any atom is -0.460 e. The summed E-state index contributed by atoms with van der Waals surface area (Å²) in [5.41, 5.74) is 2.92. The van der Waals surface area contributed by atoms with Crippen molar-refractivity contribution in [3.8, 4) is 5.75 Å². The standard InChI is InChI=1S/C31H29NO7S/c1-23-15-17-28(18-16-23)40(35,36)39-27-14-8-13-26(19-27)29(30(33)37-21-24-9-4-2-5-10-24)20-32-31(34)38-22-25-11-6-3-7-12-25/h2-19,29H,20-22H2,1H3,(H,32,34). The lowest BCUT2D eigenvalue weighted by atomic mass is 9.99. The third-order valence-electron chi connectivity index (χ3n) is 5.95. The summed E-state index contributed by atoms with van der Waals surface area (Å²) in [5, 5.41) is 2.61. The maximum absolute atomic E-state index is 13.2. The van der Waals surface area contributed by atoms with E-state index in [2.05, 4.69) is 5.32 Å². The summed E-state index contributed by atoms with van der Waals surface area (Å²) in [5.74, 6) is -1.55. The summed E-state index contributed by atoms with van der Waals surface area (Å²) < 4.78 is 41.8. The van der Waals surface area contributed by atoms with Gasteiger partial charge in [0.2, 0.25) is 0 Å². The molecule has 0 aliphatic heterocycles. The molecule has 0 radical (unpaired) electrons. The molecule has 1 unspecified atom stereocenters. The number of aryl methyl sites for hydroxylation is 1. The summed E-state index contributed by atoms with van der Waals surface area (Å²) in [6, 6.07) is 30.8. The number of esters is 1. The molecule has 0 spiro atoms. The van der Waals surface area contributed by atoms with Gasteiger partial charge in [-0.15, -0.1) is 0 Å². The Morgan fingerprint density at radius 2 is 1.35 bits per heavy atom. The molecule has 206 valence electrons. The van der Waals surface area contributed by atoms with Crippen molar-refractivity contribution >= 4 is 22.2 Å². The number of hydrogen-bond acceptors (Lipinski definition) is 7. The molecule has 40 heavy (non-hydrogen) atoms. The largest absolute Gasteiger partial charge is 0.460 e. The molecule has 4 rings (SSSR count). The van der Waals surface area contributed by atoms with Gasteiger partial charge in [-0.2, -0.15) is 8.42 Å². The Hall–Kier alpha value is -4.63. The maximum Gasteiger partial charge on any atom is 0.407 e. The molecule has 4 aromatic carbocycles. The van der Waals surface area contributed by atoms with Crippen LogP contribution in [0.2, 0.25) is 0 Å². The van der Waals surface area contributed by atoms with Gasteiger partial charge >= 0.3 is 22.2 Å². The first-order chi connectivity index (χ1) is 19.3. The minimum absolute atomic E-state index is 0.00477. The summed E-state index contributed by atoms with van der Waals surface area (Å²) >= 11 is 0. The molecule has 1 amide bonds. The van der Waals surface area contributed by atoms with Gasteiger partial charge in [0.1, 0.15) is 23.9 Å². The zero-order valence-corrected chi connectivity index (χ0v) is 22.7. The SMILES string of the molecule is Cc1ccc(S(=O)(=O)Oc2cccc(C(CNC(=O)OCc3ccccc3)C(=O)OCc3ccccc3)c2)cc1. The zero-order valence-electron chi connectivity index (χ0n) is 21.9. The average Bonchev–Trinajstić information content (AvgIpc) is 2.96. The number of carbonyl (C=O) groups excluding carboxylic acids is 2. The molecule has 0 heterocycles. The van der Waals surface area contributed by atoms with Gasteiger partial charge in [-0.3, -0.25) is 4.79 Å². The van der Waals surface area contributed by atoms with Crippen molar-refractivity contribution in [3.05, 3.63) is 131 Å². The second-order valence-corrected chi connectivity index (χ2v) is 10.6. The van der Waals surface area contributed by atoms with Crippen molar-refractivity contribution < 1.29 is 31.7 Å². The molecular weight excluding hydrogens is 530 g/mol. The van der Waals surface area contributed by atoms with Crippen LogP contribution in [0, 0.1) is 6.92 Å². The summed E-state index contributed by atoms with van der Waals surface area (Å²) in [7, 11) is -4.10. The first kappa shape index (κ1) is 28.4. The van der Waals surface area contributed by atoms with Crippen LogP contribution >= 0.6 is 0 Å². The van der Waals surface area contributed by atoms with Crippen molar-refractivity contribution in [2.45, 2.75) is 31.0 Å². The number of ether oxygens (including phenoxy) is 2. The third kappa shape index (κ3) is 8.18. The molecule has 1 N–H and O–H groups in total. The van der Waals surface area contributed by atoms with Crippen molar-refractivity contribution in [1.82, 2.24) is 5.32 Å². The highest BCUT2D eigenvalue weighted by Crippen LogP contribution is 2.25. The second-order valence-electron chi connectivity index (χ2n) is 9.01. The van der Waals surface area contributed by atoms with Crippen LogP contribution in [0.15, 0.2) is 114 Å². The van der Waals surface area contributed by atoms with Gasteiger partial charge < -0.3 is 19.0 Å². The monoisotopic (exact) mass is 559 g/mol. The smallest absolute Gasteiger partial charge is 0.407 e. The molecule has 0 saturated carbocycles. The fraction of sp³-hybridized carbons (Fsp3) is 0.161. The Morgan fingerprint density at radius 3 is 1.98 bits per heavy atom. The fourth-order valence-electron chi connectivity index (χ4n) is 3.79. The van der Waals surface area contributed by atoms with Crippen LogP contribution in [0.4, 0.5) is 4.79 Å². The molecule has 1 atom stereocenters. The van der Waals surface area contributed by atoms with E-state index in [0.29, 0.717) is 5.56 Å². The van der Waals surface area contributed by atoms with Crippen molar-refractivity contribution in [2.75, 3.05) is 6.54 Å². The van der Waals surface area contributed by atoms with Crippen molar-refractivity contribution in [2.24, 2.45) is 0 Å². The van der Waals surface area contributed by atoms with E-state index >= 15 is 0 Å². The summed E-state index contributed by atoms with van der Waals surface area (Å²) in [4.78, 5) is 25.6. The number of rotatable bonds is 11. The predicted molar refractivity (Wildman–Crippen MR) is 149 cm³/mol. The molecular formula is C31H29NO7S. The molecule has 4 aromatic rings. The van der Waals surface area contributed by atoms with Crippen LogP contribution in [-0.4, -0.2) is 27.0 Å². The molecule has 0 saturated heterocycles. The molecule has 0 aliphatic rings. The Labute approximate surface area is 233 Å². The lowest BCUT2D eigenvalue weighted by Gasteiger charge is -2.18. The van der Waals surface area contributed by atoms with Crippen LogP contribution in [0.1, 0.15) is 28.2 Å². The third-order valence-corrected chi connectivity index (χ3v) is 7.21. The fourth-order valence-corrected chi connectivity index (χ4v) is 4.71. The van der Waals surface area contributed by atoms with E-state index in [0.717, 1.165) is 16.7 Å². The lowest BCUT2D eigenvalue weighted by Crippen LogP contribution is -2.33. The first-order valence-electron chi connectivity index (χ1n) is 12.6.